The molecule has 0 aliphatic carbocycles. The number of anilines is 2. The lowest BCUT2D eigenvalue weighted by molar-refractivity contribution is 0.292. The zero-order chi connectivity index (χ0) is 12.5. The van der Waals surface area contributed by atoms with E-state index in [2.05, 4.69) is 34.1 Å². The zero-order valence-electron chi connectivity index (χ0n) is 10.8. The van der Waals surface area contributed by atoms with Crippen LogP contribution >= 0.6 is 0 Å². The number of hydrogen-bond donors (Lipinski definition) is 2. The maximum atomic E-state index is 5.38. The van der Waals surface area contributed by atoms with Crippen LogP contribution in [0, 0.1) is 12.3 Å². The second-order valence-corrected chi connectivity index (χ2v) is 5.52. The Morgan fingerprint density at radius 2 is 2.18 bits per heavy atom. The minimum absolute atomic E-state index is 0.355. The molecule has 1 aliphatic rings. The molecule has 1 aliphatic heterocycles. The average Bonchev–Trinajstić information content (AvgIpc) is 2.27. The van der Waals surface area contributed by atoms with Gasteiger partial charge in [-0.2, -0.15) is 4.98 Å². The van der Waals surface area contributed by atoms with Crippen molar-refractivity contribution in [2.45, 2.75) is 33.6 Å². The minimum Gasteiger partial charge on any atom is -0.356 e. The quantitative estimate of drug-likeness (QED) is 0.603. The van der Waals surface area contributed by atoms with Crippen LogP contribution < -0.4 is 16.2 Å². The minimum atomic E-state index is 0.355. The first-order valence-electron chi connectivity index (χ1n) is 6.07. The molecule has 3 N–H and O–H groups in total. The van der Waals surface area contributed by atoms with E-state index in [0.717, 1.165) is 24.6 Å². The van der Waals surface area contributed by atoms with Gasteiger partial charge < -0.3 is 4.90 Å². The molecule has 5 nitrogen and oxygen atoms in total. The molecule has 0 amide bonds. The second-order valence-electron chi connectivity index (χ2n) is 5.52. The fourth-order valence-electron chi connectivity index (χ4n) is 2.40. The Balaban J connectivity index is 2.24. The zero-order valence-corrected chi connectivity index (χ0v) is 10.8. The largest absolute Gasteiger partial charge is 0.356 e. The lowest BCUT2D eigenvalue weighted by Gasteiger charge is -2.38. The average molecular weight is 235 g/mol. The third-order valence-electron chi connectivity index (χ3n) is 3.19. The Kier molecular flexibility index (Phi) is 3.19. The second kappa shape index (κ2) is 4.49. The monoisotopic (exact) mass is 235 g/mol. The van der Waals surface area contributed by atoms with E-state index in [9.17, 15) is 0 Å². The van der Waals surface area contributed by atoms with Gasteiger partial charge in [0.2, 0.25) is 5.95 Å². The number of aryl methyl sites for hydroxylation is 1. The van der Waals surface area contributed by atoms with E-state index in [1.807, 2.05) is 13.0 Å². The van der Waals surface area contributed by atoms with Crippen LogP contribution in [0.4, 0.5) is 11.8 Å². The summed E-state index contributed by atoms with van der Waals surface area (Å²) in [5.74, 6) is 6.84. The van der Waals surface area contributed by atoms with Crippen molar-refractivity contribution in [1.29, 1.82) is 0 Å². The van der Waals surface area contributed by atoms with Crippen molar-refractivity contribution < 1.29 is 0 Å². The van der Waals surface area contributed by atoms with Crippen LogP contribution in [0.1, 0.15) is 32.4 Å². The van der Waals surface area contributed by atoms with Crippen molar-refractivity contribution in [3.05, 3.63) is 11.8 Å². The maximum Gasteiger partial charge on any atom is 0.239 e. The Labute approximate surface area is 102 Å². The predicted molar refractivity (Wildman–Crippen MR) is 69.8 cm³/mol. The van der Waals surface area contributed by atoms with Crippen molar-refractivity contribution in [1.82, 2.24) is 9.97 Å². The smallest absolute Gasteiger partial charge is 0.239 e. The van der Waals surface area contributed by atoms with Crippen LogP contribution in [-0.4, -0.2) is 23.1 Å². The van der Waals surface area contributed by atoms with Crippen molar-refractivity contribution in [2.24, 2.45) is 11.3 Å². The van der Waals surface area contributed by atoms with E-state index < -0.39 is 0 Å². The molecule has 5 heteroatoms. The molecule has 0 radical (unpaired) electrons. The van der Waals surface area contributed by atoms with E-state index in [1.165, 1.54) is 12.8 Å². The van der Waals surface area contributed by atoms with Gasteiger partial charge in [0, 0.05) is 24.8 Å². The Hall–Kier alpha value is -1.36. The van der Waals surface area contributed by atoms with E-state index in [1.54, 1.807) is 0 Å². The highest BCUT2D eigenvalue weighted by atomic mass is 15.3. The number of nitrogens with zero attached hydrogens (tertiary/aromatic N) is 3. The topological polar surface area (TPSA) is 67.1 Å². The fraction of sp³-hybridized carbons (Fsp3) is 0.667. The van der Waals surface area contributed by atoms with E-state index >= 15 is 0 Å². The van der Waals surface area contributed by atoms with E-state index in [0.29, 0.717) is 11.4 Å². The Morgan fingerprint density at radius 1 is 1.41 bits per heavy atom. The molecule has 2 rings (SSSR count). The van der Waals surface area contributed by atoms with Gasteiger partial charge >= 0.3 is 0 Å². The van der Waals surface area contributed by atoms with Crippen LogP contribution in [0.2, 0.25) is 0 Å². The molecule has 0 spiro atoms. The van der Waals surface area contributed by atoms with E-state index in [-0.39, 0.29) is 0 Å². The van der Waals surface area contributed by atoms with Gasteiger partial charge in [-0.25, -0.2) is 10.8 Å². The van der Waals surface area contributed by atoms with Crippen LogP contribution in [-0.2, 0) is 0 Å². The molecule has 0 unspecified atom stereocenters. The first-order chi connectivity index (χ1) is 8.00. The predicted octanol–water partition coefficient (Wildman–Crippen LogP) is 1.70. The summed E-state index contributed by atoms with van der Waals surface area (Å²) in [5, 5.41) is 0. The van der Waals surface area contributed by atoms with Gasteiger partial charge in [0.05, 0.1) is 0 Å². The van der Waals surface area contributed by atoms with Crippen molar-refractivity contribution in [3.8, 4) is 0 Å². The molecule has 1 saturated heterocycles. The first-order valence-corrected chi connectivity index (χ1v) is 6.07. The molecule has 2 heterocycles. The highest BCUT2D eigenvalue weighted by Gasteiger charge is 2.27. The van der Waals surface area contributed by atoms with Gasteiger partial charge in [-0.15, -0.1) is 0 Å². The van der Waals surface area contributed by atoms with E-state index in [4.69, 9.17) is 5.84 Å². The highest BCUT2D eigenvalue weighted by molar-refractivity contribution is 5.45. The number of hydrazine groups is 1. The molecule has 1 aromatic heterocycles. The lowest BCUT2D eigenvalue weighted by Crippen LogP contribution is -2.40. The van der Waals surface area contributed by atoms with Gasteiger partial charge in [0.15, 0.2) is 0 Å². The number of nitrogen functional groups attached to an aromatic ring is 1. The summed E-state index contributed by atoms with van der Waals surface area (Å²) >= 11 is 0. The van der Waals surface area contributed by atoms with Crippen LogP contribution in [0.15, 0.2) is 6.07 Å². The van der Waals surface area contributed by atoms with Crippen LogP contribution in [0.25, 0.3) is 0 Å². The lowest BCUT2D eigenvalue weighted by atomic mass is 9.84. The fourth-order valence-corrected chi connectivity index (χ4v) is 2.40. The summed E-state index contributed by atoms with van der Waals surface area (Å²) in [6.07, 6.45) is 2.48. The molecule has 0 bridgehead atoms. The summed E-state index contributed by atoms with van der Waals surface area (Å²) in [6, 6.07) is 2.02. The highest BCUT2D eigenvalue weighted by Crippen LogP contribution is 2.31. The first kappa shape index (κ1) is 12.1. The summed E-state index contributed by atoms with van der Waals surface area (Å²) in [5.41, 5.74) is 3.81. The van der Waals surface area contributed by atoms with Crippen molar-refractivity contribution >= 4 is 11.8 Å². The number of hydrogen-bond acceptors (Lipinski definition) is 5. The summed E-state index contributed by atoms with van der Waals surface area (Å²) in [4.78, 5) is 10.9. The summed E-state index contributed by atoms with van der Waals surface area (Å²) in [6.45, 7) is 8.66. The normalized spacial score (nSPS) is 19.2. The standard InChI is InChI=1S/C12H21N5/c1-9-7-10(15-11(14-9)16-13)17-6-4-5-12(2,3)8-17/h7H,4-6,8,13H2,1-3H3,(H,14,15,16). The Bertz CT molecular complexity index is 402. The number of nitrogens with two attached hydrogens (primary N) is 1. The molecule has 0 atom stereocenters. The van der Waals surface area contributed by atoms with Gasteiger partial charge in [-0.3, -0.25) is 5.43 Å². The van der Waals surface area contributed by atoms with Crippen molar-refractivity contribution in [2.75, 3.05) is 23.4 Å². The Morgan fingerprint density at radius 3 is 2.82 bits per heavy atom. The number of rotatable bonds is 2. The summed E-state index contributed by atoms with van der Waals surface area (Å²) < 4.78 is 0. The molecular weight excluding hydrogens is 214 g/mol. The third-order valence-corrected chi connectivity index (χ3v) is 3.19. The molecule has 0 saturated carbocycles. The van der Waals surface area contributed by atoms with Gasteiger partial charge in [0.25, 0.3) is 0 Å². The molecule has 0 aromatic carbocycles. The molecule has 94 valence electrons. The van der Waals surface area contributed by atoms with Gasteiger partial charge in [-0.1, -0.05) is 13.8 Å². The molecule has 17 heavy (non-hydrogen) atoms. The molecule has 1 fully saturated rings. The van der Waals surface area contributed by atoms with Gasteiger partial charge in [0.1, 0.15) is 5.82 Å². The summed E-state index contributed by atoms with van der Waals surface area (Å²) in [7, 11) is 0. The van der Waals surface area contributed by atoms with Crippen molar-refractivity contribution in [3.63, 3.8) is 0 Å². The van der Waals surface area contributed by atoms with Crippen LogP contribution in [0.3, 0.4) is 0 Å². The SMILES string of the molecule is Cc1cc(N2CCCC(C)(C)C2)nc(NN)n1. The number of piperidine rings is 1. The molecule has 1 aromatic rings. The number of nitrogens with one attached hydrogen (secondary N) is 1. The number of aromatic nitrogens is 2. The van der Waals surface area contributed by atoms with Gasteiger partial charge in [-0.05, 0) is 25.2 Å². The third kappa shape index (κ3) is 2.85. The van der Waals surface area contributed by atoms with Crippen LogP contribution in [0.5, 0.6) is 0 Å². The maximum absolute atomic E-state index is 5.38. The molecular formula is C12H21N5.